The van der Waals surface area contributed by atoms with Crippen molar-refractivity contribution in [1.29, 1.82) is 0 Å². The quantitative estimate of drug-likeness (QED) is 0.275. The van der Waals surface area contributed by atoms with Gasteiger partial charge in [-0.3, -0.25) is 19.7 Å². The maximum atomic E-state index is 10.9. The number of benzene rings is 2. The number of non-ortho nitro benzene ring substituents is 1. The lowest BCUT2D eigenvalue weighted by Gasteiger charge is -2.36. The molecule has 35 heavy (non-hydrogen) atoms. The van der Waals surface area contributed by atoms with Gasteiger partial charge < -0.3 is 10.2 Å². The average molecular weight is 497 g/mol. The summed E-state index contributed by atoms with van der Waals surface area (Å²) in [5, 5.41) is 20.0. The first-order chi connectivity index (χ1) is 16.7. The van der Waals surface area contributed by atoms with E-state index >= 15 is 0 Å². The minimum absolute atomic E-state index is 0.128. The molecule has 2 heterocycles. The van der Waals surface area contributed by atoms with Crippen molar-refractivity contribution in [2.75, 3.05) is 44.2 Å². The highest BCUT2D eigenvalue weighted by molar-refractivity contribution is 6.30. The van der Waals surface area contributed by atoms with Gasteiger partial charge in [0.2, 0.25) is 0 Å². The number of rotatable bonds is 8. The van der Waals surface area contributed by atoms with Gasteiger partial charge in [-0.25, -0.2) is 0 Å². The Balaban J connectivity index is 1.26. The molecular formula is C26H33ClN6O2. The van der Waals surface area contributed by atoms with Crippen LogP contribution in [0.5, 0.6) is 0 Å². The maximum Gasteiger partial charge on any atom is 0.269 e. The van der Waals surface area contributed by atoms with E-state index in [9.17, 15) is 10.1 Å². The normalized spacial score (nSPS) is 14.9. The molecule has 1 N–H and O–H groups in total. The number of nitro groups is 1. The van der Waals surface area contributed by atoms with E-state index in [2.05, 4.69) is 46.6 Å². The molecule has 4 rings (SSSR count). The zero-order valence-corrected chi connectivity index (χ0v) is 21.3. The van der Waals surface area contributed by atoms with Gasteiger partial charge in [-0.1, -0.05) is 23.7 Å². The summed E-state index contributed by atoms with van der Waals surface area (Å²) in [6.45, 7) is 12.8. The molecule has 1 aliphatic rings. The van der Waals surface area contributed by atoms with Crippen LogP contribution in [0.3, 0.4) is 0 Å². The highest BCUT2D eigenvalue weighted by atomic mass is 35.5. The molecule has 1 aromatic heterocycles. The largest absolute Gasteiger partial charge is 0.369 e. The molecule has 0 radical (unpaired) electrons. The third-order valence-corrected chi connectivity index (χ3v) is 6.50. The summed E-state index contributed by atoms with van der Waals surface area (Å²) in [4.78, 5) is 15.2. The molecule has 9 heteroatoms. The Bertz CT molecular complexity index is 1130. The molecular weight excluding hydrogens is 464 g/mol. The molecule has 3 aromatic rings. The van der Waals surface area contributed by atoms with Gasteiger partial charge in [0.25, 0.3) is 5.69 Å². The minimum Gasteiger partial charge on any atom is -0.369 e. The molecule has 0 amide bonds. The minimum atomic E-state index is -0.360. The number of nitrogens with one attached hydrogen (secondary N) is 1. The Morgan fingerprint density at radius 3 is 2.29 bits per heavy atom. The van der Waals surface area contributed by atoms with Crippen LogP contribution in [0.4, 0.5) is 11.4 Å². The molecule has 0 atom stereocenters. The van der Waals surface area contributed by atoms with Gasteiger partial charge in [-0.2, -0.15) is 5.10 Å². The Labute approximate surface area is 211 Å². The van der Waals surface area contributed by atoms with Crippen LogP contribution in [0.25, 0.3) is 11.3 Å². The van der Waals surface area contributed by atoms with Crippen molar-refractivity contribution in [2.45, 2.75) is 32.9 Å². The molecule has 0 bridgehead atoms. The van der Waals surface area contributed by atoms with Crippen molar-refractivity contribution in [2.24, 2.45) is 0 Å². The molecule has 1 fully saturated rings. The lowest BCUT2D eigenvalue weighted by Crippen LogP contribution is -2.48. The summed E-state index contributed by atoms with van der Waals surface area (Å²) in [6.07, 6.45) is 0. The second kappa shape index (κ2) is 10.8. The van der Waals surface area contributed by atoms with Crippen molar-refractivity contribution in [3.8, 4) is 11.3 Å². The number of hydrogen-bond acceptors (Lipinski definition) is 6. The van der Waals surface area contributed by atoms with Crippen LogP contribution >= 0.6 is 11.6 Å². The fourth-order valence-electron chi connectivity index (χ4n) is 4.32. The lowest BCUT2D eigenvalue weighted by atomic mass is 10.1. The maximum absolute atomic E-state index is 10.9. The smallest absolute Gasteiger partial charge is 0.269 e. The molecule has 1 aliphatic heterocycles. The predicted molar refractivity (Wildman–Crippen MR) is 141 cm³/mol. The Morgan fingerprint density at radius 1 is 1.03 bits per heavy atom. The van der Waals surface area contributed by atoms with Gasteiger partial charge in [-0.15, -0.1) is 0 Å². The van der Waals surface area contributed by atoms with Gasteiger partial charge in [-0.05, 0) is 56.7 Å². The first-order valence-electron chi connectivity index (χ1n) is 12.0. The topological polar surface area (TPSA) is 79.5 Å². The fraction of sp³-hybridized carbons (Fsp3) is 0.423. The molecule has 1 saturated heterocycles. The van der Waals surface area contributed by atoms with Crippen LogP contribution in [0, 0.1) is 10.1 Å². The zero-order valence-electron chi connectivity index (χ0n) is 20.6. The molecule has 0 saturated carbocycles. The summed E-state index contributed by atoms with van der Waals surface area (Å²) in [5.74, 6) is 0. The number of halogens is 1. The Kier molecular flexibility index (Phi) is 7.74. The zero-order chi connectivity index (χ0) is 25.0. The highest BCUT2D eigenvalue weighted by Gasteiger charge is 2.21. The number of anilines is 1. The van der Waals surface area contributed by atoms with Crippen LogP contribution in [-0.2, 0) is 12.1 Å². The van der Waals surface area contributed by atoms with E-state index in [4.69, 9.17) is 16.7 Å². The molecule has 2 aromatic carbocycles. The first kappa shape index (κ1) is 25.2. The number of piperazine rings is 1. The molecule has 0 unspecified atom stereocenters. The number of hydrogen-bond donors (Lipinski definition) is 1. The molecule has 186 valence electrons. The first-order valence-corrected chi connectivity index (χ1v) is 12.4. The van der Waals surface area contributed by atoms with Gasteiger partial charge >= 0.3 is 0 Å². The summed E-state index contributed by atoms with van der Waals surface area (Å²) in [5.41, 5.74) is 4.26. The van der Waals surface area contributed by atoms with Crippen molar-refractivity contribution in [1.82, 2.24) is 20.0 Å². The highest BCUT2D eigenvalue weighted by Crippen LogP contribution is 2.28. The van der Waals surface area contributed by atoms with Gasteiger partial charge in [0.15, 0.2) is 0 Å². The number of aromatic nitrogens is 2. The predicted octanol–water partition coefficient (Wildman–Crippen LogP) is 4.78. The third kappa shape index (κ3) is 6.39. The second-order valence-corrected chi connectivity index (χ2v) is 10.3. The monoisotopic (exact) mass is 496 g/mol. The molecule has 0 spiro atoms. The second-order valence-electron chi connectivity index (χ2n) is 9.89. The standard InChI is InChI=1S/C26H33ClN6O2/c1-26(2,3)32-25(20-4-6-21(27)7-5-20)18-22(29-32)19-28-12-13-30-14-16-31(17-15-30)23-8-10-24(11-9-23)33(34)35/h4-11,18,28H,12-17,19H2,1-3H3. The van der Waals surface area contributed by atoms with E-state index in [0.717, 1.165) is 66.9 Å². The van der Waals surface area contributed by atoms with Crippen LogP contribution in [0.1, 0.15) is 26.5 Å². The van der Waals surface area contributed by atoms with Crippen LogP contribution in [0.15, 0.2) is 54.6 Å². The van der Waals surface area contributed by atoms with Crippen LogP contribution < -0.4 is 10.2 Å². The summed E-state index contributed by atoms with van der Waals surface area (Å²) < 4.78 is 2.09. The van der Waals surface area contributed by atoms with Crippen molar-refractivity contribution < 1.29 is 4.92 Å². The van der Waals surface area contributed by atoms with Crippen molar-refractivity contribution in [3.63, 3.8) is 0 Å². The summed E-state index contributed by atoms with van der Waals surface area (Å²) >= 11 is 6.08. The SMILES string of the molecule is CC(C)(C)n1nc(CNCCN2CCN(c3ccc([N+](=O)[O-])cc3)CC2)cc1-c1ccc(Cl)cc1. The molecule has 0 aliphatic carbocycles. The average Bonchev–Trinajstić information content (AvgIpc) is 3.28. The van der Waals surface area contributed by atoms with Gasteiger partial charge in [0.05, 0.1) is 21.9 Å². The fourth-order valence-corrected chi connectivity index (χ4v) is 4.45. The van der Waals surface area contributed by atoms with Crippen molar-refractivity contribution >= 4 is 23.0 Å². The molecule has 8 nitrogen and oxygen atoms in total. The van der Waals surface area contributed by atoms with E-state index in [1.807, 2.05) is 36.4 Å². The van der Waals surface area contributed by atoms with Crippen LogP contribution in [0.2, 0.25) is 5.02 Å². The number of nitrogens with zero attached hydrogens (tertiary/aromatic N) is 5. The van der Waals surface area contributed by atoms with E-state index < -0.39 is 0 Å². The van der Waals surface area contributed by atoms with E-state index in [1.165, 1.54) is 0 Å². The summed E-state index contributed by atoms with van der Waals surface area (Å²) in [6, 6.07) is 16.9. The Hall–Kier alpha value is -2.94. The number of nitro benzene ring substituents is 1. The summed E-state index contributed by atoms with van der Waals surface area (Å²) in [7, 11) is 0. The van der Waals surface area contributed by atoms with E-state index in [-0.39, 0.29) is 16.1 Å². The van der Waals surface area contributed by atoms with E-state index in [1.54, 1.807) is 12.1 Å². The van der Waals surface area contributed by atoms with Crippen molar-refractivity contribution in [3.05, 3.63) is 75.4 Å². The van der Waals surface area contributed by atoms with Crippen LogP contribution in [-0.4, -0.2) is 58.9 Å². The third-order valence-electron chi connectivity index (χ3n) is 6.24. The lowest BCUT2D eigenvalue weighted by molar-refractivity contribution is -0.384. The van der Waals surface area contributed by atoms with Gasteiger partial charge in [0.1, 0.15) is 0 Å². The van der Waals surface area contributed by atoms with E-state index in [0.29, 0.717) is 6.54 Å². The van der Waals surface area contributed by atoms with Gasteiger partial charge in [0, 0.05) is 68.7 Å². The Morgan fingerprint density at radius 2 is 1.69 bits per heavy atom.